The minimum absolute atomic E-state index is 0.145. The van der Waals surface area contributed by atoms with Crippen LogP contribution in [0.3, 0.4) is 0 Å². The monoisotopic (exact) mass is 227 g/mol. The molecule has 0 amide bonds. The smallest absolute Gasteiger partial charge is 0.119 e. The van der Waals surface area contributed by atoms with Crippen molar-refractivity contribution in [1.29, 1.82) is 0 Å². The van der Waals surface area contributed by atoms with Gasteiger partial charge >= 0.3 is 0 Å². The van der Waals surface area contributed by atoms with Crippen LogP contribution in [0.15, 0.2) is 30.3 Å². The molecule has 0 heterocycles. The van der Waals surface area contributed by atoms with E-state index in [9.17, 15) is 0 Å². The molecule has 0 fully saturated rings. The average molecular weight is 227 g/mol. The SMILES string of the molecule is COc1cc2c3c(cccc3c1)CC(C)(N)C2. The molecule has 2 N–H and O–H groups in total. The second kappa shape index (κ2) is 3.47. The molecular formula is C15H17NO. The van der Waals surface area contributed by atoms with Gasteiger partial charge in [0, 0.05) is 5.54 Å². The van der Waals surface area contributed by atoms with Crippen LogP contribution in [-0.4, -0.2) is 12.6 Å². The molecule has 0 saturated carbocycles. The minimum atomic E-state index is -0.145. The molecule has 2 nitrogen and oxygen atoms in total. The highest BCUT2D eigenvalue weighted by molar-refractivity contribution is 5.91. The van der Waals surface area contributed by atoms with Crippen molar-refractivity contribution in [3.8, 4) is 5.75 Å². The fourth-order valence-corrected chi connectivity index (χ4v) is 2.91. The van der Waals surface area contributed by atoms with E-state index in [-0.39, 0.29) is 5.54 Å². The summed E-state index contributed by atoms with van der Waals surface area (Å²) in [6.45, 7) is 2.12. The molecule has 1 unspecified atom stereocenters. The fourth-order valence-electron chi connectivity index (χ4n) is 2.91. The van der Waals surface area contributed by atoms with E-state index in [2.05, 4.69) is 37.3 Å². The maximum atomic E-state index is 6.32. The molecule has 0 aliphatic heterocycles. The van der Waals surface area contributed by atoms with Gasteiger partial charge in [0.25, 0.3) is 0 Å². The van der Waals surface area contributed by atoms with E-state index < -0.39 is 0 Å². The maximum Gasteiger partial charge on any atom is 0.119 e. The van der Waals surface area contributed by atoms with Crippen LogP contribution in [0.1, 0.15) is 18.1 Å². The summed E-state index contributed by atoms with van der Waals surface area (Å²) in [4.78, 5) is 0. The lowest BCUT2D eigenvalue weighted by atomic mass is 9.78. The molecular weight excluding hydrogens is 210 g/mol. The van der Waals surface area contributed by atoms with Crippen molar-refractivity contribution < 1.29 is 4.74 Å². The molecule has 0 spiro atoms. The summed E-state index contributed by atoms with van der Waals surface area (Å²) in [5, 5.41) is 2.63. The van der Waals surface area contributed by atoms with Gasteiger partial charge in [0.1, 0.15) is 5.75 Å². The van der Waals surface area contributed by atoms with Gasteiger partial charge in [0.15, 0.2) is 0 Å². The van der Waals surface area contributed by atoms with E-state index >= 15 is 0 Å². The topological polar surface area (TPSA) is 35.2 Å². The molecule has 17 heavy (non-hydrogen) atoms. The third-order valence-electron chi connectivity index (χ3n) is 3.54. The molecule has 0 radical (unpaired) electrons. The molecule has 2 heteroatoms. The van der Waals surface area contributed by atoms with Crippen LogP contribution >= 0.6 is 0 Å². The number of methoxy groups -OCH3 is 1. The Labute approximate surface area is 101 Å². The van der Waals surface area contributed by atoms with Crippen molar-refractivity contribution in [3.05, 3.63) is 41.5 Å². The molecule has 2 aromatic carbocycles. The third-order valence-corrected chi connectivity index (χ3v) is 3.54. The number of hydrogen-bond donors (Lipinski definition) is 1. The van der Waals surface area contributed by atoms with Gasteiger partial charge in [-0.05, 0) is 53.8 Å². The quantitative estimate of drug-likeness (QED) is 0.813. The molecule has 0 saturated heterocycles. The molecule has 0 aromatic heterocycles. The summed E-state index contributed by atoms with van der Waals surface area (Å²) in [5.41, 5.74) is 8.84. The van der Waals surface area contributed by atoms with Crippen LogP contribution < -0.4 is 10.5 Å². The Balaban J connectivity index is 2.32. The lowest BCUT2D eigenvalue weighted by Crippen LogP contribution is -2.42. The van der Waals surface area contributed by atoms with Crippen molar-refractivity contribution in [2.75, 3.05) is 7.11 Å². The highest BCUT2D eigenvalue weighted by Gasteiger charge is 2.27. The normalized spacial score (nSPS) is 22.8. The van der Waals surface area contributed by atoms with Gasteiger partial charge in [0.2, 0.25) is 0 Å². The first-order chi connectivity index (χ1) is 8.09. The molecule has 1 aliphatic carbocycles. The Hall–Kier alpha value is -1.54. The third kappa shape index (κ3) is 1.69. The summed E-state index contributed by atoms with van der Waals surface area (Å²) in [6, 6.07) is 10.6. The van der Waals surface area contributed by atoms with E-state index in [0.717, 1.165) is 18.6 Å². The summed E-state index contributed by atoms with van der Waals surface area (Å²) in [6.07, 6.45) is 1.86. The van der Waals surface area contributed by atoms with E-state index in [1.807, 2.05) is 0 Å². The Kier molecular flexibility index (Phi) is 2.17. The first-order valence-electron chi connectivity index (χ1n) is 5.96. The predicted octanol–water partition coefficient (Wildman–Crippen LogP) is 2.66. The van der Waals surface area contributed by atoms with Crippen LogP contribution in [0.2, 0.25) is 0 Å². The average Bonchev–Trinajstić information content (AvgIpc) is 2.26. The van der Waals surface area contributed by atoms with Gasteiger partial charge in [-0.2, -0.15) is 0 Å². The number of ether oxygens (including phenoxy) is 1. The Morgan fingerprint density at radius 3 is 2.71 bits per heavy atom. The number of hydrogen-bond acceptors (Lipinski definition) is 2. The van der Waals surface area contributed by atoms with Gasteiger partial charge in [-0.25, -0.2) is 0 Å². The largest absolute Gasteiger partial charge is 0.497 e. The van der Waals surface area contributed by atoms with Crippen molar-refractivity contribution in [2.45, 2.75) is 25.3 Å². The summed E-state index contributed by atoms with van der Waals surface area (Å²) in [5.74, 6) is 0.919. The predicted molar refractivity (Wildman–Crippen MR) is 70.5 cm³/mol. The van der Waals surface area contributed by atoms with Gasteiger partial charge in [0.05, 0.1) is 7.11 Å². The van der Waals surface area contributed by atoms with E-state index in [0.29, 0.717) is 0 Å². The lowest BCUT2D eigenvalue weighted by molar-refractivity contribution is 0.412. The van der Waals surface area contributed by atoms with Gasteiger partial charge in [-0.15, -0.1) is 0 Å². The zero-order valence-electron chi connectivity index (χ0n) is 10.3. The zero-order valence-corrected chi connectivity index (χ0v) is 10.3. The highest BCUT2D eigenvalue weighted by atomic mass is 16.5. The van der Waals surface area contributed by atoms with E-state index in [1.54, 1.807) is 7.11 Å². The van der Waals surface area contributed by atoms with Crippen LogP contribution in [0, 0.1) is 0 Å². The number of nitrogens with two attached hydrogens (primary N) is 1. The molecule has 88 valence electrons. The van der Waals surface area contributed by atoms with Crippen molar-refractivity contribution in [3.63, 3.8) is 0 Å². The van der Waals surface area contributed by atoms with Crippen molar-refractivity contribution >= 4 is 10.8 Å². The molecule has 0 bridgehead atoms. The summed E-state index contributed by atoms with van der Waals surface area (Å²) in [7, 11) is 1.71. The lowest BCUT2D eigenvalue weighted by Gasteiger charge is -2.31. The Morgan fingerprint density at radius 2 is 1.94 bits per heavy atom. The zero-order chi connectivity index (χ0) is 12.0. The maximum absolute atomic E-state index is 6.32. The van der Waals surface area contributed by atoms with E-state index in [4.69, 9.17) is 10.5 Å². The van der Waals surface area contributed by atoms with Crippen molar-refractivity contribution in [1.82, 2.24) is 0 Å². The summed E-state index contributed by atoms with van der Waals surface area (Å²) < 4.78 is 5.36. The van der Waals surface area contributed by atoms with Crippen molar-refractivity contribution in [2.24, 2.45) is 5.73 Å². The van der Waals surface area contributed by atoms with Gasteiger partial charge in [-0.3, -0.25) is 0 Å². The van der Waals surface area contributed by atoms with Gasteiger partial charge in [-0.1, -0.05) is 18.2 Å². The second-order valence-electron chi connectivity index (χ2n) is 5.31. The first kappa shape index (κ1) is 10.6. The minimum Gasteiger partial charge on any atom is -0.497 e. The standard InChI is InChI=1S/C15H17NO/c1-15(16)8-11-5-3-4-10-6-13(17-2)7-12(9-15)14(10)11/h3-7H,8-9,16H2,1-2H3. The van der Waals surface area contributed by atoms with Crippen LogP contribution in [0.5, 0.6) is 5.75 Å². The number of rotatable bonds is 1. The van der Waals surface area contributed by atoms with E-state index in [1.165, 1.54) is 21.9 Å². The first-order valence-corrected chi connectivity index (χ1v) is 5.96. The summed E-state index contributed by atoms with van der Waals surface area (Å²) >= 11 is 0. The van der Waals surface area contributed by atoms with Crippen LogP contribution in [0.4, 0.5) is 0 Å². The highest BCUT2D eigenvalue weighted by Crippen LogP contribution is 2.35. The van der Waals surface area contributed by atoms with Crippen LogP contribution in [0.25, 0.3) is 10.8 Å². The Morgan fingerprint density at radius 1 is 1.18 bits per heavy atom. The molecule has 1 aliphatic rings. The Bertz CT molecular complexity index is 587. The van der Waals surface area contributed by atoms with Crippen LogP contribution in [-0.2, 0) is 12.8 Å². The fraction of sp³-hybridized carbons (Fsp3) is 0.333. The molecule has 2 aromatic rings. The second-order valence-corrected chi connectivity index (χ2v) is 5.31. The van der Waals surface area contributed by atoms with Gasteiger partial charge < -0.3 is 10.5 Å². The number of benzene rings is 2. The molecule has 1 atom stereocenters. The molecule has 3 rings (SSSR count).